The molecular weight excluding hydrogens is 522 g/mol. The highest BCUT2D eigenvalue weighted by molar-refractivity contribution is 5.88. The lowest BCUT2D eigenvalue weighted by atomic mass is 9.86. The van der Waals surface area contributed by atoms with Crippen molar-refractivity contribution in [3.05, 3.63) is 65.2 Å². The van der Waals surface area contributed by atoms with Crippen LogP contribution in [0.25, 0.3) is 40.8 Å². The van der Waals surface area contributed by atoms with Gasteiger partial charge in [0.15, 0.2) is 11.6 Å². The van der Waals surface area contributed by atoms with E-state index < -0.39 is 0 Å². The lowest BCUT2D eigenvalue weighted by Crippen LogP contribution is -2.44. The number of allylic oxidation sites excluding steroid dienone is 3. The zero-order valence-corrected chi connectivity index (χ0v) is 24.8. The Hall–Kier alpha value is -4.24. The molecule has 1 saturated carbocycles. The van der Waals surface area contributed by atoms with Crippen molar-refractivity contribution >= 4 is 40.8 Å². The number of hydrogen-bond acceptors (Lipinski definition) is 7. The zero-order chi connectivity index (χ0) is 29.1. The van der Waals surface area contributed by atoms with Gasteiger partial charge in [0.25, 0.3) is 0 Å². The maximum Gasteiger partial charge on any atom is 0.159 e. The van der Waals surface area contributed by atoms with Gasteiger partial charge in [0.2, 0.25) is 0 Å². The second-order valence-corrected chi connectivity index (χ2v) is 11.8. The molecular formula is C33H41N9. The number of H-pyrrole nitrogens is 2. The lowest BCUT2D eigenvalue weighted by molar-refractivity contribution is 0.312. The van der Waals surface area contributed by atoms with Crippen LogP contribution in [0.1, 0.15) is 51.0 Å². The molecule has 5 heterocycles. The van der Waals surface area contributed by atoms with E-state index in [2.05, 4.69) is 79.5 Å². The van der Waals surface area contributed by atoms with E-state index in [1.807, 2.05) is 30.7 Å². The standard InChI is InChI=1S/C33H41N9/c1-22(26-19-27(21-34-20-26)36-23(2)18-25-8-6-5-7-9-25)10-11-28-24(3)30(40-39-28)32-37-29-12-13-35-33(31(29)38-32)42-16-14-41(4)15-17-42/h10-13,19-21,25,36,39H,2-3,5-9,14-18H2,1,4H3,(H,37,38)/b22-10+,28-11+. The number of imidazole rings is 1. The molecule has 0 bridgehead atoms. The van der Waals surface area contributed by atoms with Gasteiger partial charge in [0.1, 0.15) is 11.2 Å². The van der Waals surface area contributed by atoms with Gasteiger partial charge in [-0.3, -0.25) is 10.1 Å². The Balaban J connectivity index is 1.19. The Bertz CT molecular complexity index is 1700. The van der Waals surface area contributed by atoms with Gasteiger partial charge in [-0.05, 0) is 55.7 Å². The van der Waals surface area contributed by atoms with E-state index in [4.69, 9.17) is 4.98 Å². The smallest absolute Gasteiger partial charge is 0.159 e. The van der Waals surface area contributed by atoms with Gasteiger partial charge in [0, 0.05) is 49.5 Å². The van der Waals surface area contributed by atoms with Gasteiger partial charge < -0.3 is 20.1 Å². The highest BCUT2D eigenvalue weighted by atomic mass is 15.3. The summed E-state index contributed by atoms with van der Waals surface area (Å²) >= 11 is 0. The molecule has 9 heteroatoms. The van der Waals surface area contributed by atoms with Crippen LogP contribution in [0.15, 0.2) is 49.1 Å². The SMILES string of the molecule is C=C(CC1CCCCC1)Nc1cncc(/C(C)=C/C=c2/[nH]nc(-c3nc4c(N5CCN(C)CC5)nccc4[nH]3)c2=C)c1. The van der Waals surface area contributed by atoms with Crippen LogP contribution in [0.2, 0.25) is 0 Å². The highest BCUT2D eigenvalue weighted by Gasteiger charge is 2.20. The summed E-state index contributed by atoms with van der Waals surface area (Å²) in [5.74, 6) is 2.35. The Morgan fingerprint density at radius 3 is 2.76 bits per heavy atom. The Kier molecular flexibility index (Phi) is 8.19. The van der Waals surface area contributed by atoms with E-state index in [0.29, 0.717) is 11.5 Å². The number of pyridine rings is 2. The first-order chi connectivity index (χ1) is 20.4. The summed E-state index contributed by atoms with van der Waals surface area (Å²) in [5.41, 5.74) is 6.69. The number of anilines is 2. The molecule has 42 heavy (non-hydrogen) atoms. The lowest BCUT2D eigenvalue weighted by Gasteiger charge is -2.33. The number of nitrogens with zero attached hydrogens (tertiary/aromatic N) is 6. The summed E-state index contributed by atoms with van der Waals surface area (Å²) < 4.78 is 0. The summed E-state index contributed by atoms with van der Waals surface area (Å²) in [4.78, 5) is 22.1. The normalized spacial score (nSPS) is 17.7. The van der Waals surface area contributed by atoms with Crippen LogP contribution in [-0.4, -0.2) is 68.3 Å². The number of nitrogens with one attached hydrogen (secondary N) is 3. The van der Waals surface area contributed by atoms with E-state index in [1.54, 1.807) is 0 Å². The molecule has 0 atom stereocenters. The second-order valence-electron chi connectivity index (χ2n) is 11.8. The third-order valence-electron chi connectivity index (χ3n) is 8.58. The largest absolute Gasteiger partial charge is 0.358 e. The van der Waals surface area contributed by atoms with Crippen LogP contribution in [0.4, 0.5) is 11.5 Å². The van der Waals surface area contributed by atoms with Gasteiger partial charge in [-0.15, -0.1) is 0 Å². The van der Waals surface area contributed by atoms with Crippen LogP contribution in [0.3, 0.4) is 0 Å². The predicted octanol–water partition coefficient (Wildman–Crippen LogP) is 4.69. The van der Waals surface area contributed by atoms with E-state index in [-0.39, 0.29) is 0 Å². The molecule has 4 aromatic heterocycles. The van der Waals surface area contributed by atoms with Crippen LogP contribution in [0, 0.1) is 5.92 Å². The quantitative estimate of drug-likeness (QED) is 0.286. The molecule has 0 unspecified atom stereocenters. The van der Waals surface area contributed by atoms with Crippen molar-refractivity contribution in [2.24, 2.45) is 5.92 Å². The molecule has 0 radical (unpaired) electrons. The fraction of sp³-hybridized carbons (Fsp3) is 0.394. The highest BCUT2D eigenvalue weighted by Crippen LogP contribution is 2.29. The molecule has 0 amide bonds. The van der Waals surface area contributed by atoms with Crippen molar-refractivity contribution in [3.63, 3.8) is 0 Å². The van der Waals surface area contributed by atoms with Crippen molar-refractivity contribution in [1.29, 1.82) is 0 Å². The number of likely N-dealkylation sites (N-methyl/N-ethyl adjacent to an activating group) is 1. The van der Waals surface area contributed by atoms with E-state index in [9.17, 15) is 0 Å². The molecule has 2 fully saturated rings. The molecule has 3 N–H and O–H groups in total. The van der Waals surface area contributed by atoms with Gasteiger partial charge in [0.05, 0.1) is 22.8 Å². The molecule has 1 aliphatic heterocycles. The topological polar surface area (TPSA) is 102 Å². The summed E-state index contributed by atoms with van der Waals surface area (Å²) in [6.45, 7) is 14.6. The van der Waals surface area contributed by atoms with Crippen molar-refractivity contribution in [2.45, 2.75) is 45.4 Å². The number of rotatable bonds is 8. The average Bonchev–Trinajstić information content (AvgIpc) is 3.60. The van der Waals surface area contributed by atoms with Gasteiger partial charge >= 0.3 is 0 Å². The first kappa shape index (κ1) is 27.9. The third-order valence-corrected chi connectivity index (χ3v) is 8.58. The maximum atomic E-state index is 4.92. The molecule has 218 valence electrons. The summed E-state index contributed by atoms with van der Waals surface area (Å²) in [5, 5.41) is 12.8. The van der Waals surface area contributed by atoms with Crippen LogP contribution in [0.5, 0.6) is 0 Å². The molecule has 0 spiro atoms. The number of aromatic nitrogens is 6. The molecule has 1 aliphatic carbocycles. The molecule has 4 aromatic rings. The maximum absolute atomic E-state index is 4.92. The number of piperazine rings is 1. The fourth-order valence-corrected chi connectivity index (χ4v) is 6.02. The molecule has 2 aliphatic rings. The van der Waals surface area contributed by atoms with Crippen molar-refractivity contribution < 1.29 is 0 Å². The second kappa shape index (κ2) is 12.3. The third kappa shape index (κ3) is 6.16. The van der Waals surface area contributed by atoms with E-state index >= 15 is 0 Å². The van der Waals surface area contributed by atoms with Crippen molar-refractivity contribution in [1.82, 2.24) is 35.0 Å². The number of hydrogen-bond donors (Lipinski definition) is 3. The minimum atomic E-state index is 0.686. The average molecular weight is 564 g/mol. The predicted molar refractivity (Wildman–Crippen MR) is 172 cm³/mol. The van der Waals surface area contributed by atoms with Crippen molar-refractivity contribution in [2.75, 3.05) is 43.4 Å². The summed E-state index contributed by atoms with van der Waals surface area (Å²) in [6.07, 6.45) is 17.4. The molecule has 0 aromatic carbocycles. The van der Waals surface area contributed by atoms with Gasteiger partial charge in [-0.2, -0.15) is 5.10 Å². The van der Waals surface area contributed by atoms with Gasteiger partial charge in [-0.25, -0.2) is 9.97 Å². The summed E-state index contributed by atoms with van der Waals surface area (Å²) in [6, 6.07) is 4.09. The Morgan fingerprint density at radius 2 is 1.95 bits per heavy atom. The van der Waals surface area contributed by atoms with Gasteiger partial charge in [-0.1, -0.05) is 51.3 Å². The van der Waals surface area contributed by atoms with Crippen LogP contribution < -0.4 is 20.8 Å². The fourth-order valence-electron chi connectivity index (χ4n) is 6.02. The Morgan fingerprint density at radius 1 is 1.14 bits per heavy atom. The molecule has 9 nitrogen and oxygen atoms in total. The number of fused-ring (bicyclic) bond motifs is 1. The molecule has 1 saturated heterocycles. The van der Waals surface area contributed by atoms with Crippen molar-refractivity contribution in [3.8, 4) is 11.5 Å². The minimum Gasteiger partial charge on any atom is -0.358 e. The monoisotopic (exact) mass is 563 g/mol. The summed E-state index contributed by atoms with van der Waals surface area (Å²) in [7, 11) is 2.15. The Labute approximate surface area is 247 Å². The molecule has 6 rings (SSSR count). The van der Waals surface area contributed by atoms with Crippen LogP contribution >= 0.6 is 0 Å². The first-order valence-electron chi connectivity index (χ1n) is 15.1. The zero-order valence-electron chi connectivity index (χ0n) is 24.8. The minimum absolute atomic E-state index is 0.686. The van der Waals surface area contributed by atoms with E-state index in [1.165, 1.54) is 32.1 Å². The van der Waals surface area contributed by atoms with Crippen LogP contribution in [-0.2, 0) is 0 Å². The first-order valence-corrected chi connectivity index (χ1v) is 15.1. The van der Waals surface area contributed by atoms with E-state index in [0.717, 1.165) is 88.5 Å². The number of aromatic amines is 2.